The average Bonchev–Trinajstić information content (AvgIpc) is 3.38. The van der Waals surface area contributed by atoms with E-state index in [9.17, 15) is 9.90 Å². The quantitative estimate of drug-likeness (QED) is 0.869. The molecule has 5 heteroatoms. The van der Waals surface area contributed by atoms with Crippen LogP contribution in [0.15, 0.2) is 12.1 Å². The molecular formula is C23H29NO4. The van der Waals surface area contributed by atoms with Gasteiger partial charge in [-0.25, -0.2) is 0 Å². The summed E-state index contributed by atoms with van der Waals surface area (Å²) in [5.74, 6) is 2.27. The predicted octanol–water partition coefficient (Wildman–Crippen LogP) is 2.46. The lowest BCUT2D eigenvalue weighted by molar-refractivity contribution is -0.206. The minimum Gasteiger partial charge on any atom is -0.493 e. The van der Waals surface area contributed by atoms with Crippen molar-refractivity contribution in [3.63, 3.8) is 0 Å². The Morgan fingerprint density at radius 2 is 2.11 bits per heavy atom. The average molecular weight is 383 g/mol. The number of rotatable bonds is 3. The van der Waals surface area contributed by atoms with Crippen molar-refractivity contribution in [1.29, 1.82) is 0 Å². The molecule has 2 saturated carbocycles. The maximum Gasteiger partial charge on any atom is 0.180 e. The second-order valence-electron chi connectivity index (χ2n) is 10.4. The van der Waals surface area contributed by atoms with Crippen molar-refractivity contribution in [3.05, 3.63) is 23.3 Å². The van der Waals surface area contributed by atoms with Gasteiger partial charge in [0.15, 0.2) is 23.4 Å². The highest BCUT2D eigenvalue weighted by molar-refractivity contribution is 5.94. The second-order valence-corrected chi connectivity index (χ2v) is 10.4. The maximum absolute atomic E-state index is 13.5. The summed E-state index contributed by atoms with van der Waals surface area (Å²) in [5.41, 5.74) is 0.0945. The molecule has 2 heterocycles. The molecule has 1 spiro atoms. The number of carbonyl (C=O) groups is 1. The van der Waals surface area contributed by atoms with Gasteiger partial charge in [0, 0.05) is 23.6 Å². The van der Waals surface area contributed by atoms with Crippen LogP contribution < -0.4 is 9.47 Å². The smallest absolute Gasteiger partial charge is 0.180 e. The first-order valence-corrected chi connectivity index (χ1v) is 10.7. The van der Waals surface area contributed by atoms with E-state index < -0.39 is 22.5 Å². The Labute approximate surface area is 166 Å². The summed E-state index contributed by atoms with van der Waals surface area (Å²) in [5, 5.41) is 12.4. The summed E-state index contributed by atoms with van der Waals surface area (Å²) in [4.78, 5) is 16.0. The molecule has 1 aromatic carbocycles. The number of hydrogen-bond donors (Lipinski definition) is 1. The summed E-state index contributed by atoms with van der Waals surface area (Å²) in [7, 11) is 1.64. The number of benzene rings is 1. The minimum atomic E-state index is -0.952. The molecule has 2 bridgehead atoms. The first-order valence-electron chi connectivity index (χ1n) is 10.7. The number of ketones is 1. The van der Waals surface area contributed by atoms with Crippen molar-refractivity contribution in [1.82, 2.24) is 4.90 Å². The molecule has 6 rings (SSSR count). The molecule has 0 aromatic heterocycles. The summed E-state index contributed by atoms with van der Waals surface area (Å²) in [6.45, 7) is 5.94. The van der Waals surface area contributed by atoms with Crippen molar-refractivity contribution in [2.75, 3.05) is 20.2 Å². The van der Waals surface area contributed by atoms with Gasteiger partial charge in [0.25, 0.3) is 0 Å². The highest BCUT2D eigenvalue weighted by Crippen LogP contribution is 2.67. The monoisotopic (exact) mass is 383 g/mol. The van der Waals surface area contributed by atoms with E-state index in [1.807, 2.05) is 19.9 Å². The van der Waals surface area contributed by atoms with E-state index in [0.717, 1.165) is 37.4 Å². The first-order chi connectivity index (χ1) is 13.3. The predicted molar refractivity (Wildman–Crippen MR) is 104 cm³/mol. The van der Waals surface area contributed by atoms with Crippen molar-refractivity contribution in [2.24, 2.45) is 11.3 Å². The SMILES string of the molecule is COc1ccc2c3c1O[C@H]1C(=O)C(C)(C)C[C@@]4(O)C(C2)N(CC2CC2)CC[C@]314. The van der Waals surface area contributed by atoms with Crippen molar-refractivity contribution < 1.29 is 19.4 Å². The van der Waals surface area contributed by atoms with E-state index in [0.29, 0.717) is 17.9 Å². The van der Waals surface area contributed by atoms with Crippen LogP contribution in [0.2, 0.25) is 0 Å². The van der Waals surface area contributed by atoms with E-state index in [2.05, 4.69) is 11.0 Å². The minimum absolute atomic E-state index is 0.0483. The molecule has 0 radical (unpaired) electrons. The number of piperidine rings is 1. The molecule has 1 unspecified atom stereocenters. The van der Waals surface area contributed by atoms with Gasteiger partial charge in [-0.3, -0.25) is 9.69 Å². The van der Waals surface area contributed by atoms with Gasteiger partial charge in [-0.15, -0.1) is 0 Å². The molecule has 0 amide bonds. The first kappa shape index (κ1) is 17.3. The van der Waals surface area contributed by atoms with Crippen LogP contribution in [0, 0.1) is 11.3 Å². The zero-order chi connectivity index (χ0) is 19.5. The van der Waals surface area contributed by atoms with E-state index in [4.69, 9.17) is 9.47 Å². The van der Waals surface area contributed by atoms with Crippen LogP contribution in [0.25, 0.3) is 0 Å². The summed E-state index contributed by atoms with van der Waals surface area (Å²) >= 11 is 0. The lowest BCUT2D eigenvalue weighted by atomic mass is 9.45. The third-order valence-corrected chi connectivity index (χ3v) is 8.33. The normalized spacial score (nSPS) is 40.1. The molecule has 150 valence electrons. The Bertz CT molecular complexity index is 891. The Hall–Kier alpha value is -1.59. The van der Waals surface area contributed by atoms with Crippen molar-refractivity contribution in [2.45, 2.75) is 69.1 Å². The Morgan fingerprint density at radius 3 is 2.82 bits per heavy atom. The lowest BCUT2D eigenvalue weighted by Crippen LogP contribution is -2.79. The number of nitrogens with zero attached hydrogens (tertiary/aromatic N) is 1. The molecule has 2 aliphatic heterocycles. The molecule has 3 aliphatic carbocycles. The molecule has 1 aromatic rings. The van der Waals surface area contributed by atoms with Gasteiger partial charge in [0.05, 0.1) is 18.1 Å². The number of hydrogen-bond acceptors (Lipinski definition) is 5. The molecular weight excluding hydrogens is 354 g/mol. The molecule has 28 heavy (non-hydrogen) atoms. The fourth-order valence-corrected chi connectivity index (χ4v) is 6.91. The van der Waals surface area contributed by atoms with Crippen LogP contribution in [0.1, 0.15) is 50.7 Å². The van der Waals surface area contributed by atoms with E-state index in [1.165, 1.54) is 18.4 Å². The van der Waals surface area contributed by atoms with Gasteiger partial charge in [-0.1, -0.05) is 19.9 Å². The Kier molecular flexibility index (Phi) is 3.16. The third kappa shape index (κ3) is 1.83. The van der Waals surface area contributed by atoms with E-state index in [1.54, 1.807) is 7.11 Å². The van der Waals surface area contributed by atoms with Gasteiger partial charge >= 0.3 is 0 Å². The van der Waals surface area contributed by atoms with Crippen LogP contribution in [0.4, 0.5) is 0 Å². The van der Waals surface area contributed by atoms with Gasteiger partial charge in [-0.05, 0) is 56.2 Å². The zero-order valence-corrected chi connectivity index (χ0v) is 17.0. The van der Waals surface area contributed by atoms with Crippen LogP contribution in [-0.2, 0) is 16.6 Å². The second kappa shape index (κ2) is 5.11. The fraction of sp³-hybridized carbons (Fsp3) is 0.696. The van der Waals surface area contributed by atoms with Gasteiger partial charge in [-0.2, -0.15) is 0 Å². The fourth-order valence-electron chi connectivity index (χ4n) is 6.91. The highest BCUT2D eigenvalue weighted by atomic mass is 16.5. The van der Waals surface area contributed by atoms with Crippen LogP contribution in [0.5, 0.6) is 11.5 Å². The lowest BCUT2D eigenvalue weighted by Gasteiger charge is -2.64. The topological polar surface area (TPSA) is 59.0 Å². The number of likely N-dealkylation sites (tertiary alicyclic amines) is 1. The van der Waals surface area contributed by atoms with E-state index in [-0.39, 0.29) is 11.8 Å². The van der Waals surface area contributed by atoms with E-state index >= 15 is 0 Å². The van der Waals surface area contributed by atoms with Crippen LogP contribution in [0.3, 0.4) is 0 Å². The standard InChI is InChI=1S/C23H29NO4/c1-21(2)12-23(26)16-10-14-6-7-15(27-3)18-17(14)22(23,20(28-18)19(21)25)8-9-24(16)11-13-4-5-13/h6-7,13,16,20,26H,4-5,8-12H2,1-3H3/t16?,20-,22-,23+/m0/s1. The molecule has 4 atom stereocenters. The molecule has 5 aliphatic rings. The van der Waals surface area contributed by atoms with Gasteiger partial charge in [0.2, 0.25) is 0 Å². The molecule has 5 nitrogen and oxygen atoms in total. The number of carbonyl (C=O) groups excluding carboxylic acids is 1. The number of aliphatic hydroxyl groups is 1. The highest BCUT2D eigenvalue weighted by Gasteiger charge is 2.76. The van der Waals surface area contributed by atoms with Crippen molar-refractivity contribution in [3.8, 4) is 11.5 Å². The van der Waals surface area contributed by atoms with Crippen molar-refractivity contribution >= 4 is 5.78 Å². The third-order valence-electron chi connectivity index (χ3n) is 8.33. The Morgan fingerprint density at radius 1 is 1.32 bits per heavy atom. The largest absolute Gasteiger partial charge is 0.493 e. The Balaban J connectivity index is 1.59. The number of methoxy groups -OCH3 is 1. The number of ether oxygens (including phenoxy) is 2. The molecule has 3 fully saturated rings. The van der Waals surface area contributed by atoms with Gasteiger partial charge in [0.1, 0.15) is 0 Å². The number of Topliss-reactive ketones (excluding diaryl/α,β-unsaturated/α-hetero) is 1. The molecule has 1 saturated heterocycles. The summed E-state index contributed by atoms with van der Waals surface area (Å²) in [6.07, 6.45) is 4.09. The maximum atomic E-state index is 13.5. The summed E-state index contributed by atoms with van der Waals surface area (Å²) in [6, 6.07) is 4.14. The summed E-state index contributed by atoms with van der Waals surface area (Å²) < 4.78 is 12.0. The molecule has 1 N–H and O–H groups in total. The van der Waals surface area contributed by atoms with Crippen LogP contribution in [-0.4, -0.2) is 53.7 Å². The van der Waals surface area contributed by atoms with Gasteiger partial charge < -0.3 is 14.6 Å². The zero-order valence-electron chi connectivity index (χ0n) is 17.0. The van der Waals surface area contributed by atoms with Crippen LogP contribution >= 0.6 is 0 Å².